The van der Waals surface area contributed by atoms with Crippen molar-refractivity contribution in [1.29, 1.82) is 0 Å². The quantitative estimate of drug-likeness (QED) is 0.651. The van der Waals surface area contributed by atoms with Gasteiger partial charge in [-0.2, -0.15) is 13.2 Å². The molecule has 3 rings (SSSR count). The van der Waals surface area contributed by atoms with Crippen molar-refractivity contribution in [2.24, 2.45) is 5.92 Å². The van der Waals surface area contributed by atoms with E-state index in [2.05, 4.69) is 33.3 Å². The Bertz CT molecular complexity index is 771. The minimum atomic E-state index is -4.27. The summed E-state index contributed by atoms with van der Waals surface area (Å²) in [5.74, 6) is 1.67. The zero-order chi connectivity index (χ0) is 20.9. The van der Waals surface area contributed by atoms with Crippen molar-refractivity contribution in [2.75, 3.05) is 33.2 Å². The Labute approximate surface area is 171 Å². The van der Waals surface area contributed by atoms with Crippen LogP contribution in [0.5, 0.6) is 0 Å². The first-order chi connectivity index (χ1) is 13.8. The minimum absolute atomic E-state index is 0.557. The molecule has 1 fully saturated rings. The molecule has 1 aliphatic rings. The van der Waals surface area contributed by atoms with E-state index in [1.165, 1.54) is 18.6 Å². The second-order valence-corrected chi connectivity index (χ2v) is 8.08. The molecule has 1 aromatic carbocycles. The van der Waals surface area contributed by atoms with Gasteiger partial charge >= 0.3 is 6.18 Å². The van der Waals surface area contributed by atoms with E-state index in [0.29, 0.717) is 12.3 Å². The molecule has 1 aromatic heterocycles. The molecule has 7 heteroatoms. The first-order valence-corrected chi connectivity index (χ1v) is 10.4. The van der Waals surface area contributed by atoms with Gasteiger partial charge in [0.15, 0.2) is 0 Å². The zero-order valence-corrected chi connectivity index (χ0v) is 17.3. The maximum atomic E-state index is 12.9. The van der Waals surface area contributed by atoms with E-state index in [-0.39, 0.29) is 0 Å². The summed E-state index contributed by atoms with van der Waals surface area (Å²) in [6, 6.07) is 5.72. The van der Waals surface area contributed by atoms with Gasteiger partial charge in [-0.15, -0.1) is 0 Å². The highest BCUT2D eigenvalue weighted by atomic mass is 19.4. The van der Waals surface area contributed by atoms with Crippen LogP contribution in [0.2, 0.25) is 0 Å². The topological polar surface area (TPSA) is 24.3 Å². The van der Waals surface area contributed by atoms with Crippen molar-refractivity contribution in [2.45, 2.75) is 45.5 Å². The summed E-state index contributed by atoms with van der Waals surface area (Å²) in [5.41, 5.74) is 0.198. The number of alkyl halides is 3. The number of nitrogens with zero attached hydrogens (tertiary/aromatic N) is 4. The van der Waals surface area contributed by atoms with Crippen LogP contribution in [0.4, 0.5) is 13.2 Å². The number of hydrogen-bond donors (Lipinski definition) is 0. The van der Waals surface area contributed by atoms with Crippen LogP contribution in [0, 0.1) is 5.92 Å². The Morgan fingerprint density at radius 3 is 2.86 bits per heavy atom. The van der Waals surface area contributed by atoms with Crippen molar-refractivity contribution in [1.82, 2.24) is 19.4 Å². The SMILES string of the molecule is CCn1ccnc1CN(C)C[C@H]1CCCN(CCc2cccc(C(F)(F)F)c2)C1. The number of rotatable bonds is 8. The molecule has 0 spiro atoms. The van der Waals surface area contributed by atoms with E-state index in [4.69, 9.17) is 0 Å². The summed E-state index contributed by atoms with van der Waals surface area (Å²) in [4.78, 5) is 9.18. The molecule has 1 atom stereocenters. The molecule has 0 bridgehead atoms. The van der Waals surface area contributed by atoms with Crippen LogP contribution in [0.3, 0.4) is 0 Å². The highest BCUT2D eigenvalue weighted by molar-refractivity contribution is 5.25. The van der Waals surface area contributed by atoms with Gasteiger partial charge in [0.05, 0.1) is 12.1 Å². The molecule has 2 heterocycles. The highest BCUT2D eigenvalue weighted by Gasteiger charge is 2.30. The molecule has 2 aromatic rings. The molecule has 4 nitrogen and oxygen atoms in total. The lowest BCUT2D eigenvalue weighted by atomic mass is 9.97. The van der Waals surface area contributed by atoms with Crippen LogP contribution in [0.25, 0.3) is 0 Å². The van der Waals surface area contributed by atoms with E-state index in [0.717, 1.165) is 63.1 Å². The fourth-order valence-corrected chi connectivity index (χ4v) is 4.22. The monoisotopic (exact) mass is 408 g/mol. The summed E-state index contributed by atoms with van der Waals surface area (Å²) in [6.45, 7) is 7.73. The van der Waals surface area contributed by atoms with E-state index >= 15 is 0 Å². The number of halogens is 3. The number of aryl methyl sites for hydroxylation is 1. The molecule has 1 aliphatic heterocycles. The van der Waals surface area contributed by atoms with Crippen LogP contribution in [0.1, 0.15) is 36.7 Å². The molecule has 0 aliphatic carbocycles. The first kappa shape index (κ1) is 21.8. The van der Waals surface area contributed by atoms with Gasteiger partial charge in [0.2, 0.25) is 0 Å². The second-order valence-electron chi connectivity index (χ2n) is 8.08. The smallest absolute Gasteiger partial charge is 0.334 e. The largest absolute Gasteiger partial charge is 0.416 e. The number of likely N-dealkylation sites (tertiary alicyclic amines) is 1. The van der Waals surface area contributed by atoms with Gasteiger partial charge in [0.1, 0.15) is 5.82 Å². The molecular formula is C22H31F3N4. The lowest BCUT2D eigenvalue weighted by Gasteiger charge is -2.34. The second kappa shape index (κ2) is 9.76. The molecular weight excluding hydrogens is 377 g/mol. The molecule has 0 N–H and O–H groups in total. The Balaban J connectivity index is 1.48. The van der Waals surface area contributed by atoms with Crippen molar-refractivity contribution in [3.63, 3.8) is 0 Å². The van der Waals surface area contributed by atoms with Crippen molar-refractivity contribution in [3.05, 3.63) is 53.6 Å². The van der Waals surface area contributed by atoms with Crippen LogP contribution in [0.15, 0.2) is 36.7 Å². The Kier molecular flexibility index (Phi) is 7.35. The summed E-state index contributed by atoms with van der Waals surface area (Å²) in [6.07, 6.45) is 2.59. The van der Waals surface area contributed by atoms with Gasteiger partial charge in [-0.25, -0.2) is 4.98 Å². The molecule has 160 valence electrons. The zero-order valence-electron chi connectivity index (χ0n) is 17.3. The van der Waals surface area contributed by atoms with Gasteiger partial charge in [-0.05, 0) is 57.3 Å². The van der Waals surface area contributed by atoms with Crippen molar-refractivity contribution < 1.29 is 13.2 Å². The van der Waals surface area contributed by atoms with E-state index in [9.17, 15) is 13.2 Å². The first-order valence-electron chi connectivity index (χ1n) is 10.4. The van der Waals surface area contributed by atoms with Gasteiger partial charge in [-0.3, -0.25) is 4.90 Å². The third-order valence-corrected chi connectivity index (χ3v) is 5.70. The molecule has 0 amide bonds. The van der Waals surface area contributed by atoms with Crippen LogP contribution >= 0.6 is 0 Å². The summed E-state index contributed by atoms with van der Waals surface area (Å²) in [7, 11) is 2.14. The van der Waals surface area contributed by atoms with E-state index in [1.54, 1.807) is 6.07 Å². The standard InChI is InChI=1S/C22H31F3N4/c1-3-29-13-10-26-21(29)17-27(2)15-19-7-5-11-28(16-19)12-9-18-6-4-8-20(14-18)22(23,24)25/h4,6,8,10,13-14,19H,3,5,7,9,11-12,15-17H2,1-2H3/t19-/m1/s1. The minimum Gasteiger partial charge on any atom is -0.334 e. The molecule has 1 saturated heterocycles. The number of aromatic nitrogens is 2. The fourth-order valence-electron chi connectivity index (χ4n) is 4.22. The summed E-state index contributed by atoms with van der Waals surface area (Å²) < 4.78 is 40.9. The average Bonchev–Trinajstić information content (AvgIpc) is 3.13. The lowest BCUT2D eigenvalue weighted by Crippen LogP contribution is -2.41. The number of piperidine rings is 1. The molecule has 0 unspecified atom stereocenters. The number of imidazole rings is 1. The Hall–Kier alpha value is -1.86. The Morgan fingerprint density at radius 2 is 2.10 bits per heavy atom. The predicted molar refractivity (Wildman–Crippen MR) is 109 cm³/mol. The summed E-state index contributed by atoms with van der Waals surface area (Å²) >= 11 is 0. The highest BCUT2D eigenvalue weighted by Crippen LogP contribution is 2.29. The van der Waals surface area contributed by atoms with E-state index in [1.807, 2.05) is 12.4 Å². The van der Waals surface area contributed by atoms with Gasteiger partial charge in [0.25, 0.3) is 0 Å². The van der Waals surface area contributed by atoms with Gasteiger partial charge in [0, 0.05) is 38.6 Å². The average molecular weight is 409 g/mol. The Morgan fingerprint density at radius 1 is 1.28 bits per heavy atom. The normalized spacial score (nSPS) is 18.5. The number of hydrogen-bond acceptors (Lipinski definition) is 3. The van der Waals surface area contributed by atoms with Crippen molar-refractivity contribution in [3.8, 4) is 0 Å². The van der Waals surface area contributed by atoms with Crippen LogP contribution < -0.4 is 0 Å². The molecule has 0 saturated carbocycles. The molecule has 0 radical (unpaired) electrons. The maximum Gasteiger partial charge on any atom is 0.416 e. The van der Waals surface area contributed by atoms with E-state index < -0.39 is 11.7 Å². The fraction of sp³-hybridized carbons (Fsp3) is 0.591. The van der Waals surface area contributed by atoms with Gasteiger partial charge < -0.3 is 9.47 Å². The third-order valence-electron chi connectivity index (χ3n) is 5.70. The predicted octanol–water partition coefficient (Wildman–Crippen LogP) is 4.31. The number of benzene rings is 1. The summed E-state index contributed by atoms with van der Waals surface area (Å²) in [5, 5.41) is 0. The lowest BCUT2D eigenvalue weighted by molar-refractivity contribution is -0.137. The third kappa shape index (κ3) is 6.31. The van der Waals surface area contributed by atoms with Crippen LogP contribution in [-0.4, -0.2) is 52.6 Å². The maximum absolute atomic E-state index is 12.9. The molecule has 29 heavy (non-hydrogen) atoms. The van der Waals surface area contributed by atoms with Crippen molar-refractivity contribution >= 4 is 0 Å². The van der Waals surface area contributed by atoms with Crippen LogP contribution in [-0.2, 0) is 25.7 Å². The van der Waals surface area contributed by atoms with Gasteiger partial charge in [-0.1, -0.05) is 18.2 Å².